The van der Waals surface area contributed by atoms with Crippen molar-refractivity contribution in [2.24, 2.45) is 0 Å². The third kappa shape index (κ3) is 55.2. The molecular weight excluding hydrogens is 837 g/mol. The molecule has 0 heterocycles. The van der Waals surface area contributed by atoms with E-state index >= 15 is 0 Å². The molecule has 1 atom stereocenters. The Kier molecular flexibility index (Phi) is 54.9. The minimum atomic E-state index is -0.580. The molecule has 0 bridgehead atoms. The van der Waals surface area contributed by atoms with Crippen LogP contribution in [0.2, 0.25) is 0 Å². The maximum atomic E-state index is 12.9. The lowest BCUT2D eigenvalue weighted by molar-refractivity contribution is -0.163. The predicted octanol–water partition coefficient (Wildman–Crippen LogP) is 19.6. The summed E-state index contributed by atoms with van der Waals surface area (Å²) in [7, 11) is 0. The van der Waals surface area contributed by atoms with Gasteiger partial charge in [0.1, 0.15) is 6.61 Å². The number of unbranched alkanes of at least 4 members (excludes halogenated alkanes) is 22. The second-order valence-electron chi connectivity index (χ2n) is 18.4. The first kappa shape index (κ1) is 64.6. The Labute approximate surface area is 421 Å². The molecule has 0 fully saturated rings. The highest BCUT2D eigenvalue weighted by molar-refractivity contribution is 5.70. The van der Waals surface area contributed by atoms with Crippen LogP contribution < -0.4 is 0 Å². The molecule has 0 spiro atoms. The zero-order valence-electron chi connectivity index (χ0n) is 44.6. The number of carbonyl (C=O) groups excluding carboxylic acids is 2. The molecular formula is C63H106O5. The molecule has 68 heavy (non-hydrogen) atoms. The van der Waals surface area contributed by atoms with E-state index < -0.39 is 6.10 Å². The molecule has 0 saturated heterocycles. The number of ether oxygens (including phenoxy) is 3. The van der Waals surface area contributed by atoms with E-state index in [1.165, 1.54) is 116 Å². The largest absolute Gasteiger partial charge is 0.462 e. The van der Waals surface area contributed by atoms with Crippen LogP contribution in [0.5, 0.6) is 0 Å². The lowest BCUT2D eigenvalue weighted by Gasteiger charge is -2.18. The van der Waals surface area contributed by atoms with Crippen molar-refractivity contribution in [1.29, 1.82) is 0 Å². The summed E-state index contributed by atoms with van der Waals surface area (Å²) in [6, 6.07) is 0. The maximum Gasteiger partial charge on any atom is 0.306 e. The second kappa shape index (κ2) is 57.9. The number of carbonyl (C=O) groups is 2. The summed E-state index contributed by atoms with van der Waals surface area (Å²) in [4.78, 5) is 25.5. The lowest BCUT2D eigenvalue weighted by Crippen LogP contribution is -2.30. The molecule has 0 aliphatic carbocycles. The summed E-state index contributed by atoms with van der Waals surface area (Å²) < 4.78 is 17.4. The van der Waals surface area contributed by atoms with Gasteiger partial charge in [-0.05, 0) is 122 Å². The average molecular weight is 944 g/mol. The van der Waals surface area contributed by atoms with E-state index in [0.717, 1.165) is 103 Å². The molecule has 5 nitrogen and oxygen atoms in total. The highest BCUT2D eigenvalue weighted by Gasteiger charge is 2.17. The van der Waals surface area contributed by atoms with Crippen molar-refractivity contribution in [3.8, 4) is 0 Å². The molecule has 5 heteroatoms. The molecule has 0 aromatic heterocycles. The van der Waals surface area contributed by atoms with Gasteiger partial charge in [0.25, 0.3) is 0 Å². The first-order valence-electron chi connectivity index (χ1n) is 28.4. The van der Waals surface area contributed by atoms with Crippen LogP contribution in [0.25, 0.3) is 0 Å². The van der Waals surface area contributed by atoms with Crippen LogP contribution in [0.3, 0.4) is 0 Å². The molecule has 388 valence electrons. The van der Waals surface area contributed by atoms with Crippen molar-refractivity contribution < 1.29 is 23.8 Å². The van der Waals surface area contributed by atoms with Gasteiger partial charge in [0.05, 0.1) is 6.61 Å². The van der Waals surface area contributed by atoms with Crippen molar-refractivity contribution in [2.75, 3.05) is 19.8 Å². The molecule has 1 unspecified atom stereocenters. The van der Waals surface area contributed by atoms with Crippen LogP contribution >= 0.6 is 0 Å². The minimum absolute atomic E-state index is 0.0494. The third-order valence-corrected chi connectivity index (χ3v) is 11.8. The Morgan fingerprint density at radius 1 is 0.338 bits per heavy atom. The van der Waals surface area contributed by atoms with Gasteiger partial charge in [-0.2, -0.15) is 0 Å². The average Bonchev–Trinajstić information content (AvgIpc) is 3.34. The monoisotopic (exact) mass is 943 g/mol. The smallest absolute Gasteiger partial charge is 0.306 e. The van der Waals surface area contributed by atoms with E-state index in [1.54, 1.807) is 0 Å². The van der Waals surface area contributed by atoms with E-state index in [0.29, 0.717) is 19.4 Å². The first-order chi connectivity index (χ1) is 33.6. The van der Waals surface area contributed by atoms with Gasteiger partial charge in [0.2, 0.25) is 0 Å². The molecule has 0 rings (SSSR count). The van der Waals surface area contributed by atoms with Crippen molar-refractivity contribution >= 4 is 11.9 Å². The van der Waals surface area contributed by atoms with Gasteiger partial charge in [-0.1, -0.05) is 226 Å². The van der Waals surface area contributed by atoms with E-state index in [9.17, 15) is 9.59 Å². The van der Waals surface area contributed by atoms with E-state index in [-0.39, 0.29) is 25.2 Å². The summed E-state index contributed by atoms with van der Waals surface area (Å²) in [5.74, 6) is -0.448. The van der Waals surface area contributed by atoms with Crippen molar-refractivity contribution in [3.05, 3.63) is 109 Å². The van der Waals surface area contributed by atoms with Gasteiger partial charge >= 0.3 is 11.9 Å². The van der Waals surface area contributed by atoms with Gasteiger partial charge < -0.3 is 14.2 Å². The molecule has 0 radical (unpaired) electrons. The summed E-state index contributed by atoms with van der Waals surface area (Å²) in [5.41, 5.74) is 0. The van der Waals surface area contributed by atoms with Crippen molar-refractivity contribution in [2.45, 2.75) is 258 Å². The number of rotatable bonds is 51. The quantitative estimate of drug-likeness (QED) is 0.0345. The predicted molar refractivity (Wildman–Crippen MR) is 297 cm³/mol. The van der Waals surface area contributed by atoms with E-state index in [4.69, 9.17) is 14.2 Å². The van der Waals surface area contributed by atoms with Crippen LogP contribution in [0.1, 0.15) is 252 Å². The Bertz CT molecular complexity index is 1340. The standard InChI is InChI=1S/C63H106O5/c1-4-7-10-13-16-19-22-25-28-30-32-34-36-38-41-44-47-50-53-56-62(64)67-60-61(59-66-58-55-52-49-46-43-40-27-24-21-18-15-12-9-6-3)68-63(65)57-54-51-48-45-42-39-37-35-33-31-29-26-23-20-17-14-11-8-5-2/h9,12,16-21,25-29,32,34,40,46,49,61H,4-8,10-11,13-15,22-24,30-31,33,35-39,41-45,47-48,50-60H2,1-3H3/b12-9-,19-16-,20-17-,21-18-,28-25-,29-26-,34-32-,40-27-,49-46-. The van der Waals surface area contributed by atoms with Crippen LogP contribution in [-0.2, 0) is 23.8 Å². The van der Waals surface area contributed by atoms with Gasteiger partial charge in [-0.15, -0.1) is 0 Å². The lowest BCUT2D eigenvalue weighted by atomic mass is 10.1. The summed E-state index contributed by atoms with van der Waals surface area (Å²) in [5, 5.41) is 0. The SMILES string of the molecule is CC/C=C\C/C=C\C/C=C\C/C=C\CCCOCC(COC(=O)CCCCCCCC/C=C\C/C=C\C/C=C\CCCCC)OC(=O)CCCCCCCCCCC/C=C\C/C=C\CCCCC. The van der Waals surface area contributed by atoms with Gasteiger partial charge in [0.15, 0.2) is 6.10 Å². The fourth-order valence-corrected chi connectivity index (χ4v) is 7.55. The minimum Gasteiger partial charge on any atom is -0.462 e. The van der Waals surface area contributed by atoms with Crippen LogP contribution in [-0.4, -0.2) is 37.9 Å². The van der Waals surface area contributed by atoms with Gasteiger partial charge in [0, 0.05) is 19.4 Å². The Hall–Kier alpha value is -3.44. The zero-order chi connectivity index (χ0) is 49.2. The zero-order valence-corrected chi connectivity index (χ0v) is 44.6. The highest BCUT2D eigenvalue weighted by Crippen LogP contribution is 2.14. The molecule has 0 amide bonds. The van der Waals surface area contributed by atoms with E-state index in [1.807, 2.05) is 0 Å². The second-order valence-corrected chi connectivity index (χ2v) is 18.4. The summed E-state index contributed by atoms with van der Waals surface area (Å²) in [6.07, 6.45) is 79.7. The first-order valence-corrected chi connectivity index (χ1v) is 28.4. The maximum absolute atomic E-state index is 12.9. The molecule has 0 aromatic rings. The fraction of sp³-hybridized carbons (Fsp3) is 0.683. The molecule has 0 saturated carbocycles. The molecule has 0 aromatic carbocycles. The Morgan fingerprint density at radius 2 is 0.662 bits per heavy atom. The van der Waals surface area contributed by atoms with Crippen LogP contribution in [0.15, 0.2) is 109 Å². The number of esters is 2. The number of hydrogen-bond donors (Lipinski definition) is 0. The topological polar surface area (TPSA) is 61.8 Å². The highest BCUT2D eigenvalue weighted by atomic mass is 16.6. The van der Waals surface area contributed by atoms with Crippen LogP contribution in [0.4, 0.5) is 0 Å². The van der Waals surface area contributed by atoms with Crippen LogP contribution in [0, 0.1) is 0 Å². The summed E-state index contributed by atoms with van der Waals surface area (Å²) >= 11 is 0. The Balaban J connectivity index is 4.37. The summed E-state index contributed by atoms with van der Waals surface area (Å²) in [6.45, 7) is 7.51. The number of hydrogen-bond acceptors (Lipinski definition) is 5. The molecule has 0 N–H and O–H groups in total. The van der Waals surface area contributed by atoms with Gasteiger partial charge in [-0.3, -0.25) is 9.59 Å². The van der Waals surface area contributed by atoms with Gasteiger partial charge in [-0.25, -0.2) is 0 Å². The van der Waals surface area contributed by atoms with E-state index in [2.05, 4.69) is 130 Å². The molecule has 0 aliphatic rings. The fourth-order valence-electron chi connectivity index (χ4n) is 7.55. The number of allylic oxidation sites excluding steroid dienone is 18. The Morgan fingerprint density at radius 3 is 1.06 bits per heavy atom. The van der Waals surface area contributed by atoms with Crippen molar-refractivity contribution in [3.63, 3.8) is 0 Å². The third-order valence-electron chi connectivity index (χ3n) is 11.8. The van der Waals surface area contributed by atoms with Crippen molar-refractivity contribution in [1.82, 2.24) is 0 Å². The molecule has 0 aliphatic heterocycles. The normalized spacial score (nSPS) is 13.0.